The Hall–Kier alpha value is -0.0800. The van der Waals surface area contributed by atoms with Crippen molar-refractivity contribution in [1.29, 1.82) is 0 Å². The summed E-state index contributed by atoms with van der Waals surface area (Å²) in [7, 11) is 2.25. The molecule has 2 bridgehead atoms. The van der Waals surface area contributed by atoms with Crippen LogP contribution in [0.2, 0.25) is 0 Å². The van der Waals surface area contributed by atoms with Crippen LogP contribution in [0.25, 0.3) is 0 Å². The molecule has 1 N–H and O–H groups in total. The minimum absolute atomic E-state index is 0.806. The van der Waals surface area contributed by atoms with Gasteiger partial charge in [0.25, 0.3) is 0 Å². The molecule has 2 aliphatic rings. The van der Waals surface area contributed by atoms with Crippen molar-refractivity contribution < 1.29 is 0 Å². The molecule has 2 rings (SSSR count). The maximum absolute atomic E-state index is 3.47. The zero-order valence-electron chi connectivity index (χ0n) is 6.80. The van der Waals surface area contributed by atoms with Crippen LogP contribution in [-0.4, -0.2) is 37.1 Å². The minimum Gasteiger partial charge on any atom is -0.315 e. The number of rotatable bonds is 0. The third-order valence-electron chi connectivity index (χ3n) is 3.26. The molecule has 2 nitrogen and oxygen atoms in total. The van der Waals surface area contributed by atoms with Crippen LogP contribution < -0.4 is 5.32 Å². The summed E-state index contributed by atoms with van der Waals surface area (Å²) in [6.45, 7) is 4.79. The minimum atomic E-state index is 0.806. The molecule has 0 aromatic heterocycles. The first kappa shape index (κ1) is 6.62. The van der Waals surface area contributed by atoms with E-state index in [0.29, 0.717) is 0 Å². The lowest BCUT2D eigenvalue weighted by Gasteiger charge is -2.21. The van der Waals surface area contributed by atoms with Crippen LogP contribution in [0.4, 0.5) is 0 Å². The second-order valence-electron chi connectivity index (χ2n) is 3.71. The van der Waals surface area contributed by atoms with Crippen LogP contribution >= 0.6 is 0 Å². The van der Waals surface area contributed by atoms with Gasteiger partial charge in [0.1, 0.15) is 0 Å². The summed E-state index contributed by atoms with van der Waals surface area (Å²) in [5, 5.41) is 3.47. The molecule has 58 valence electrons. The molecular formula is C8H16N2. The molecule has 0 amide bonds. The highest BCUT2D eigenvalue weighted by Gasteiger charge is 2.38. The van der Waals surface area contributed by atoms with Crippen molar-refractivity contribution in [1.82, 2.24) is 10.2 Å². The molecule has 2 fully saturated rings. The molecule has 0 aliphatic carbocycles. The lowest BCUT2D eigenvalue weighted by Crippen LogP contribution is -2.37. The molecule has 3 atom stereocenters. The Morgan fingerprint density at radius 1 is 1.40 bits per heavy atom. The monoisotopic (exact) mass is 140 g/mol. The van der Waals surface area contributed by atoms with Gasteiger partial charge in [-0.1, -0.05) is 0 Å². The Bertz CT molecular complexity index is 117. The van der Waals surface area contributed by atoms with Crippen molar-refractivity contribution in [2.24, 2.45) is 5.92 Å². The van der Waals surface area contributed by atoms with Crippen LogP contribution in [0.15, 0.2) is 0 Å². The quantitative estimate of drug-likeness (QED) is 0.520. The maximum Gasteiger partial charge on any atom is 0.0224 e. The van der Waals surface area contributed by atoms with E-state index in [1.54, 1.807) is 0 Å². The third kappa shape index (κ3) is 0.789. The van der Waals surface area contributed by atoms with Crippen LogP contribution in [0.3, 0.4) is 0 Å². The fraction of sp³-hybridized carbons (Fsp3) is 1.00. The van der Waals surface area contributed by atoms with Crippen LogP contribution in [0.5, 0.6) is 0 Å². The summed E-state index contributed by atoms with van der Waals surface area (Å²) < 4.78 is 0. The number of likely N-dealkylation sites (tertiary alicyclic amines) is 1. The van der Waals surface area contributed by atoms with Gasteiger partial charge in [0, 0.05) is 18.6 Å². The zero-order chi connectivity index (χ0) is 7.14. The Morgan fingerprint density at radius 3 is 2.80 bits per heavy atom. The number of piperidine rings is 1. The fourth-order valence-electron chi connectivity index (χ4n) is 2.29. The predicted molar refractivity (Wildman–Crippen MR) is 42.0 cm³/mol. The maximum atomic E-state index is 3.47. The third-order valence-corrected chi connectivity index (χ3v) is 3.26. The molecule has 0 spiro atoms. The van der Waals surface area contributed by atoms with E-state index >= 15 is 0 Å². The van der Waals surface area contributed by atoms with E-state index in [1.165, 1.54) is 19.5 Å². The Morgan fingerprint density at radius 2 is 2.20 bits per heavy atom. The van der Waals surface area contributed by atoms with E-state index in [2.05, 4.69) is 24.2 Å². The van der Waals surface area contributed by atoms with E-state index in [4.69, 9.17) is 0 Å². The average Bonchev–Trinajstić information content (AvgIpc) is 2.17. The van der Waals surface area contributed by atoms with E-state index in [1.807, 2.05) is 0 Å². The lowest BCUT2D eigenvalue weighted by atomic mass is 9.97. The molecule has 2 heteroatoms. The van der Waals surface area contributed by atoms with Gasteiger partial charge in [-0.15, -0.1) is 0 Å². The number of hydrogen-bond acceptors (Lipinski definition) is 2. The largest absolute Gasteiger partial charge is 0.315 e. The van der Waals surface area contributed by atoms with Gasteiger partial charge in [-0.2, -0.15) is 0 Å². The van der Waals surface area contributed by atoms with Gasteiger partial charge in [0.15, 0.2) is 0 Å². The second kappa shape index (κ2) is 2.21. The highest BCUT2D eigenvalue weighted by atomic mass is 15.2. The number of nitrogens with one attached hydrogen (secondary N) is 1. The second-order valence-corrected chi connectivity index (χ2v) is 3.71. The van der Waals surface area contributed by atoms with Crippen LogP contribution in [0, 0.1) is 5.92 Å². The van der Waals surface area contributed by atoms with Gasteiger partial charge in [0.05, 0.1) is 0 Å². The van der Waals surface area contributed by atoms with Crippen molar-refractivity contribution in [3.05, 3.63) is 0 Å². The molecule has 0 radical (unpaired) electrons. The Labute approximate surface area is 62.6 Å². The highest BCUT2D eigenvalue weighted by molar-refractivity contribution is 4.95. The van der Waals surface area contributed by atoms with E-state index in [9.17, 15) is 0 Å². The molecule has 2 aliphatic heterocycles. The molecule has 0 aromatic rings. The van der Waals surface area contributed by atoms with Gasteiger partial charge >= 0.3 is 0 Å². The fourth-order valence-corrected chi connectivity index (χ4v) is 2.29. The molecule has 3 unspecified atom stereocenters. The summed E-state index contributed by atoms with van der Waals surface area (Å²) in [5.74, 6) is 0.920. The summed E-state index contributed by atoms with van der Waals surface area (Å²) in [4.78, 5) is 2.52. The zero-order valence-corrected chi connectivity index (χ0v) is 6.80. The lowest BCUT2D eigenvalue weighted by molar-refractivity contribution is 0.256. The van der Waals surface area contributed by atoms with Crippen molar-refractivity contribution in [2.75, 3.05) is 20.1 Å². The topological polar surface area (TPSA) is 15.3 Å². The number of hydrogen-bond donors (Lipinski definition) is 1. The van der Waals surface area contributed by atoms with Gasteiger partial charge in [0.2, 0.25) is 0 Å². The number of nitrogens with zero attached hydrogens (tertiary/aromatic N) is 1. The molecule has 2 saturated heterocycles. The Kier molecular flexibility index (Phi) is 1.46. The van der Waals surface area contributed by atoms with Crippen LogP contribution in [0.1, 0.15) is 13.3 Å². The van der Waals surface area contributed by atoms with E-state index in [0.717, 1.165) is 18.0 Å². The SMILES string of the molecule is CC1C2CNCC(C2)N1C. The van der Waals surface area contributed by atoms with E-state index < -0.39 is 0 Å². The van der Waals surface area contributed by atoms with Gasteiger partial charge in [-0.3, -0.25) is 4.90 Å². The Balaban J connectivity index is 2.13. The van der Waals surface area contributed by atoms with Gasteiger partial charge in [-0.25, -0.2) is 0 Å². The standard InChI is InChI=1S/C8H16N2/c1-6-7-3-8(10(6)2)5-9-4-7/h6-9H,3-5H2,1-2H3. The molecule has 0 aromatic carbocycles. The van der Waals surface area contributed by atoms with Crippen LogP contribution in [-0.2, 0) is 0 Å². The van der Waals surface area contributed by atoms with Gasteiger partial charge < -0.3 is 5.32 Å². The van der Waals surface area contributed by atoms with Gasteiger partial charge in [-0.05, 0) is 32.9 Å². The normalized spacial score (nSPS) is 48.0. The summed E-state index contributed by atoms with van der Waals surface area (Å²) in [5.41, 5.74) is 0. The van der Waals surface area contributed by atoms with Crippen molar-refractivity contribution >= 4 is 0 Å². The van der Waals surface area contributed by atoms with Crippen molar-refractivity contribution in [3.63, 3.8) is 0 Å². The van der Waals surface area contributed by atoms with Crippen molar-refractivity contribution in [3.8, 4) is 0 Å². The summed E-state index contributed by atoms with van der Waals surface area (Å²) in [6, 6.07) is 1.63. The van der Waals surface area contributed by atoms with E-state index in [-0.39, 0.29) is 0 Å². The number of likely N-dealkylation sites (N-methyl/N-ethyl adjacent to an activating group) is 1. The summed E-state index contributed by atoms with van der Waals surface area (Å²) in [6.07, 6.45) is 1.42. The first-order valence-corrected chi connectivity index (χ1v) is 4.21. The first-order chi connectivity index (χ1) is 4.79. The summed E-state index contributed by atoms with van der Waals surface area (Å²) >= 11 is 0. The average molecular weight is 140 g/mol. The smallest absolute Gasteiger partial charge is 0.0224 e. The first-order valence-electron chi connectivity index (χ1n) is 4.21. The van der Waals surface area contributed by atoms with Crippen molar-refractivity contribution in [2.45, 2.75) is 25.4 Å². The highest BCUT2D eigenvalue weighted by Crippen LogP contribution is 2.29. The molecular weight excluding hydrogens is 124 g/mol. The predicted octanol–water partition coefficient (Wildman–Crippen LogP) is 0.298. The number of fused-ring (bicyclic) bond motifs is 2. The molecule has 0 saturated carbocycles. The molecule has 10 heavy (non-hydrogen) atoms. The molecule has 2 heterocycles.